The Bertz CT molecular complexity index is 700. The molecule has 0 spiro atoms. The van der Waals surface area contributed by atoms with Crippen molar-refractivity contribution in [2.45, 2.75) is 6.92 Å². The summed E-state index contributed by atoms with van der Waals surface area (Å²) in [5.41, 5.74) is 2.75. The molecule has 19 heavy (non-hydrogen) atoms. The highest BCUT2D eigenvalue weighted by Crippen LogP contribution is 2.20. The Morgan fingerprint density at radius 3 is 3.11 bits per heavy atom. The Morgan fingerprint density at radius 1 is 1.53 bits per heavy atom. The van der Waals surface area contributed by atoms with Gasteiger partial charge in [-0.2, -0.15) is 5.26 Å². The largest absolute Gasteiger partial charge is 0.360 e. The first-order valence-electron chi connectivity index (χ1n) is 5.73. The number of H-pyrrole nitrogens is 1. The zero-order chi connectivity index (χ0) is 13.7. The van der Waals surface area contributed by atoms with Gasteiger partial charge in [0.25, 0.3) is 0 Å². The molecule has 2 heterocycles. The number of aromatic amines is 1. The van der Waals surface area contributed by atoms with Crippen LogP contribution < -0.4 is 5.32 Å². The predicted octanol–water partition coefficient (Wildman–Crippen LogP) is 2.98. The number of rotatable bonds is 4. The van der Waals surface area contributed by atoms with Crippen molar-refractivity contribution in [3.8, 4) is 6.07 Å². The Labute approximate surface area is 110 Å². The molecule has 5 nitrogen and oxygen atoms in total. The number of nitrogens with one attached hydrogen (secondary N) is 3. The molecule has 0 aliphatic rings. The topological polar surface area (TPSA) is 88.3 Å². The third-order valence-corrected chi connectivity index (χ3v) is 2.61. The van der Waals surface area contributed by atoms with Gasteiger partial charge in [0, 0.05) is 41.3 Å². The van der Waals surface area contributed by atoms with Crippen molar-refractivity contribution in [3.63, 3.8) is 0 Å². The van der Waals surface area contributed by atoms with E-state index in [1.165, 1.54) is 6.08 Å². The quantitative estimate of drug-likeness (QED) is 0.443. The molecule has 2 aromatic heterocycles. The van der Waals surface area contributed by atoms with Crippen molar-refractivity contribution in [3.05, 3.63) is 48.5 Å². The second kappa shape index (κ2) is 5.65. The van der Waals surface area contributed by atoms with Crippen LogP contribution in [0.1, 0.15) is 6.92 Å². The summed E-state index contributed by atoms with van der Waals surface area (Å²) in [7, 11) is 0. The Kier molecular flexibility index (Phi) is 3.74. The standard InChI is InChI=1S/C14H13N5/c1-10(16)11(3-2-6-15)9-19-13-5-8-18-14-12(13)4-7-17-14/h2-5,7-9,16H,1H3,(H2,17,18,19)/b3-2+,11-9-,16-10?. The van der Waals surface area contributed by atoms with Crippen molar-refractivity contribution >= 4 is 22.4 Å². The SMILES string of the molecule is CC(=N)C(=C\Nc1ccnc2[nH]ccc12)/C=C/C#N. The molecule has 0 radical (unpaired) electrons. The zero-order valence-electron chi connectivity index (χ0n) is 10.4. The first kappa shape index (κ1) is 12.6. The van der Waals surface area contributed by atoms with E-state index in [9.17, 15) is 0 Å². The van der Waals surface area contributed by atoms with Crippen LogP contribution in [0.3, 0.4) is 0 Å². The van der Waals surface area contributed by atoms with Gasteiger partial charge in [-0.05, 0) is 25.1 Å². The highest BCUT2D eigenvalue weighted by Gasteiger charge is 2.01. The number of pyridine rings is 1. The summed E-state index contributed by atoms with van der Waals surface area (Å²) in [6.45, 7) is 1.67. The minimum atomic E-state index is 0.387. The van der Waals surface area contributed by atoms with E-state index in [1.54, 1.807) is 25.4 Å². The van der Waals surface area contributed by atoms with Gasteiger partial charge in [0.05, 0.1) is 11.8 Å². The maximum absolute atomic E-state index is 8.53. The van der Waals surface area contributed by atoms with Gasteiger partial charge in [-0.25, -0.2) is 4.98 Å². The normalized spacial score (nSPS) is 11.7. The van der Waals surface area contributed by atoms with E-state index in [0.29, 0.717) is 11.3 Å². The summed E-state index contributed by atoms with van der Waals surface area (Å²) in [5.74, 6) is 0. The monoisotopic (exact) mass is 251 g/mol. The number of nitriles is 1. The van der Waals surface area contributed by atoms with Crippen molar-refractivity contribution in [2.75, 3.05) is 5.32 Å². The van der Waals surface area contributed by atoms with Crippen LogP contribution in [0, 0.1) is 16.7 Å². The van der Waals surface area contributed by atoms with Crippen LogP contribution in [0.4, 0.5) is 5.69 Å². The number of anilines is 1. The number of nitrogens with zero attached hydrogens (tertiary/aromatic N) is 2. The Balaban J connectivity index is 2.30. The molecule has 0 atom stereocenters. The predicted molar refractivity (Wildman–Crippen MR) is 76.0 cm³/mol. The van der Waals surface area contributed by atoms with Crippen molar-refractivity contribution in [1.29, 1.82) is 10.7 Å². The van der Waals surface area contributed by atoms with E-state index >= 15 is 0 Å². The Morgan fingerprint density at radius 2 is 2.37 bits per heavy atom. The first-order chi connectivity index (χ1) is 9.22. The number of allylic oxidation sites excluding steroid dienone is 3. The summed E-state index contributed by atoms with van der Waals surface area (Å²) < 4.78 is 0. The van der Waals surface area contributed by atoms with Gasteiger partial charge in [0.2, 0.25) is 0 Å². The van der Waals surface area contributed by atoms with Crippen molar-refractivity contribution in [1.82, 2.24) is 9.97 Å². The van der Waals surface area contributed by atoms with Gasteiger partial charge in [-0.3, -0.25) is 0 Å². The number of aromatic nitrogens is 2. The smallest absolute Gasteiger partial charge is 0.139 e. The van der Waals surface area contributed by atoms with Crippen molar-refractivity contribution in [2.24, 2.45) is 0 Å². The lowest BCUT2D eigenvalue weighted by Crippen LogP contribution is -1.97. The fourth-order valence-corrected chi connectivity index (χ4v) is 1.65. The van der Waals surface area contributed by atoms with E-state index in [4.69, 9.17) is 10.7 Å². The average Bonchev–Trinajstić information content (AvgIpc) is 2.87. The minimum Gasteiger partial charge on any atom is -0.360 e. The molecule has 0 aromatic carbocycles. The Hall–Kier alpha value is -2.87. The summed E-state index contributed by atoms with van der Waals surface area (Å²) >= 11 is 0. The van der Waals surface area contributed by atoms with Gasteiger partial charge < -0.3 is 15.7 Å². The number of hydrogen-bond donors (Lipinski definition) is 3. The average molecular weight is 251 g/mol. The summed E-state index contributed by atoms with van der Waals surface area (Å²) in [6.07, 6.45) is 8.19. The molecule has 0 bridgehead atoms. The van der Waals surface area contributed by atoms with E-state index < -0.39 is 0 Å². The third kappa shape index (κ3) is 2.87. The van der Waals surface area contributed by atoms with Crippen LogP contribution in [0.5, 0.6) is 0 Å². The number of hydrogen-bond acceptors (Lipinski definition) is 4. The maximum Gasteiger partial charge on any atom is 0.139 e. The summed E-state index contributed by atoms with van der Waals surface area (Å²) in [5, 5.41) is 20.3. The molecule has 5 heteroatoms. The van der Waals surface area contributed by atoms with Crippen LogP contribution in [-0.4, -0.2) is 15.7 Å². The molecule has 0 fully saturated rings. The van der Waals surface area contributed by atoms with Crippen molar-refractivity contribution < 1.29 is 0 Å². The van der Waals surface area contributed by atoms with Gasteiger partial charge in [-0.15, -0.1) is 0 Å². The van der Waals surface area contributed by atoms with E-state index in [-0.39, 0.29) is 0 Å². The molecule has 0 saturated carbocycles. The maximum atomic E-state index is 8.53. The van der Waals surface area contributed by atoms with Gasteiger partial charge in [0.1, 0.15) is 5.65 Å². The van der Waals surface area contributed by atoms with Gasteiger partial charge >= 0.3 is 0 Å². The van der Waals surface area contributed by atoms with E-state index in [1.807, 2.05) is 24.4 Å². The first-order valence-corrected chi connectivity index (χ1v) is 5.73. The molecular formula is C14H13N5. The van der Waals surface area contributed by atoms with Gasteiger partial charge in [0.15, 0.2) is 0 Å². The van der Waals surface area contributed by atoms with Crippen LogP contribution in [0.15, 0.2) is 48.5 Å². The molecular weight excluding hydrogens is 238 g/mol. The second-order valence-corrected chi connectivity index (χ2v) is 3.93. The summed E-state index contributed by atoms with van der Waals surface area (Å²) in [6, 6.07) is 5.71. The minimum absolute atomic E-state index is 0.387. The number of fused-ring (bicyclic) bond motifs is 1. The van der Waals surface area contributed by atoms with E-state index in [2.05, 4.69) is 15.3 Å². The fourth-order valence-electron chi connectivity index (χ4n) is 1.65. The molecule has 0 unspecified atom stereocenters. The molecule has 2 aromatic rings. The molecule has 3 N–H and O–H groups in total. The van der Waals surface area contributed by atoms with Crippen LogP contribution in [-0.2, 0) is 0 Å². The van der Waals surface area contributed by atoms with Crippen LogP contribution in [0.25, 0.3) is 11.0 Å². The third-order valence-electron chi connectivity index (χ3n) is 2.61. The molecule has 94 valence electrons. The van der Waals surface area contributed by atoms with Gasteiger partial charge in [-0.1, -0.05) is 0 Å². The molecule has 0 amide bonds. The molecule has 0 aliphatic heterocycles. The highest BCUT2D eigenvalue weighted by molar-refractivity contribution is 5.99. The highest BCUT2D eigenvalue weighted by atomic mass is 14.9. The lowest BCUT2D eigenvalue weighted by Gasteiger charge is -2.04. The second-order valence-electron chi connectivity index (χ2n) is 3.93. The molecule has 0 saturated heterocycles. The van der Waals surface area contributed by atoms with Crippen LogP contribution in [0.2, 0.25) is 0 Å². The lowest BCUT2D eigenvalue weighted by atomic mass is 10.2. The van der Waals surface area contributed by atoms with E-state index in [0.717, 1.165) is 16.7 Å². The molecule has 2 rings (SSSR count). The molecule has 0 aliphatic carbocycles. The summed E-state index contributed by atoms with van der Waals surface area (Å²) in [4.78, 5) is 7.23. The fraction of sp³-hybridized carbons (Fsp3) is 0.0714. The lowest BCUT2D eigenvalue weighted by molar-refractivity contribution is 1.32. The van der Waals surface area contributed by atoms with Crippen LogP contribution >= 0.6 is 0 Å². The zero-order valence-corrected chi connectivity index (χ0v) is 10.4.